The Morgan fingerprint density at radius 2 is 2.00 bits per heavy atom. The zero-order valence-corrected chi connectivity index (χ0v) is 16.0. The molecule has 1 heterocycles. The number of benzene rings is 2. The molecule has 3 rings (SSSR count). The Labute approximate surface area is 170 Å². The molecule has 146 valence electrons. The van der Waals surface area contributed by atoms with Crippen LogP contribution in [0.5, 0.6) is 5.75 Å². The number of alkyl halides is 2. The third-order valence-corrected chi connectivity index (χ3v) is 4.57. The molecule has 1 amide bonds. The summed E-state index contributed by atoms with van der Waals surface area (Å²) in [6.45, 7) is 0.875. The van der Waals surface area contributed by atoms with Crippen molar-refractivity contribution in [3.05, 3.63) is 71.4 Å². The van der Waals surface area contributed by atoms with E-state index in [0.29, 0.717) is 22.0 Å². The van der Waals surface area contributed by atoms with Crippen molar-refractivity contribution in [3.63, 3.8) is 0 Å². The van der Waals surface area contributed by atoms with E-state index in [9.17, 15) is 13.6 Å². The van der Waals surface area contributed by atoms with Crippen molar-refractivity contribution >= 4 is 40.5 Å². The average molecular weight is 424 g/mol. The Kier molecular flexibility index (Phi) is 6.11. The molecule has 3 N–H and O–H groups in total. The van der Waals surface area contributed by atoms with E-state index in [0.717, 1.165) is 0 Å². The Bertz CT molecular complexity index is 926. The number of anilines is 1. The number of ether oxygens (including phenoxy) is 1. The molecular formula is C19H16ClF2N3O2S. The van der Waals surface area contributed by atoms with Crippen molar-refractivity contribution in [2.45, 2.75) is 12.7 Å². The van der Waals surface area contributed by atoms with Gasteiger partial charge in [-0.1, -0.05) is 42.4 Å². The fourth-order valence-corrected chi connectivity index (χ4v) is 3.43. The van der Waals surface area contributed by atoms with Gasteiger partial charge in [0.1, 0.15) is 11.7 Å². The first kappa shape index (κ1) is 20.0. The van der Waals surface area contributed by atoms with Gasteiger partial charge in [0.2, 0.25) is 5.91 Å². The van der Waals surface area contributed by atoms with Crippen LogP contribution in [-0.2, 0) is 4.79 Å². The molecular weight excluding hydrogens is 408 g/mol. The predicted octanol–water partition coefficient (Wildman–Crippen LogP) is 4.23. The number of para-hydroxylation sites is 1. The first-order valence-corrected chi connectivity index (χ1v) is 9.00. The van der Waals surface area contributed by atoms with Crippen LogP contribution >= 0.6 is 23.8 Å². The SMILES string of the molecule is C=C1NC(=S)N[C@@H](c2ccccc2OC(F)F)[C@@H]1C(=O)Nc1cccc(Cl)c1. The van der Waals surface area contributed by atoms with Crippen LogP contribution in [0, 0.1) is 5.92 Å². The van der Waals surface area contributed by atoms with Gasteiger partial charge >= 0.3 is 6.61 Å². The standard InChI is InChI=1S/C19H16ClF2N3O2S/c1-10-15(17(26)24-12-6-4-5-11(20)9-12)16(25-19(28)23-10)13-7-2-3-8-14(13)27-18(21)22/h2-9,15-16,18H,1H2,(H,24,26)(H2,23,25,28)/t15-,16+/m1/s1. The lowest BCUT2D eigenvalue weighted by atomic mass is 9.87. The van der Waals surface area contributed by atoms with Gasteiger partial charge in [-0.15, -0.1) is 0 Å². The lowest BCUT2D eigenvalue weighted by Gasteiger charge is -2.36. The van der Waals surface area contributed by atoms with E-state index in [1.807, 2.05) is 0 Å². The van der Waals surface area contributed by atoms with Gasteiger partial charge in [0.05, 0.1) is 6.04 Å². The highest BCUT2D eigenvalue weighted by Gasteiger charge is 2.38. The number of nitrogens with one attached hydrogen (secondary N) is 3. The van der Waals surface area contributed by atoms with E-state index in [1.54, 1.807) is 42.5 Å². The molecule has 0 saturated carbocycles. The molecule has 0 radical (unpaired) electrons. The molecule has 2 aromatic rings. The highest BCUT2D eigenvalue weighted by Crippen LogP contribution is 2.36. The first-order chi connectivity index (χ1) is 13.3. The van der Waals surface area contributed by atoms with Gasteiger partial charge < -0.3 is 20.7 Å². The van der Waals surface area contributed by atoms with E-state index >= 15 is 0 Å². The summed E-state index contributed by atoms with van der Waals surface area (Å²) in [5.74, 6) is -1.31. The van der Waals surface area contributed by atoms with Crippen LogP contribution in [0.4, 0.5) is 14.5 Å². The summed E-state index contributed by atoms with van der Waals surface area (Å²) in [5.41, 5.74) is 1.19. The van der Waals surface area contributed by atoms with Gasteiger partial charge in [-0.25, -0.2) is 0 Å². The van der Waals surface area contributed by atoms with Crippen molar-refractivity contribution < 1.29 is 18.3 Å². The van der Waals surface area contributed by atoms with Crippen molar-refractivity contribution in [1.82, 2.24) is 10.6 Å². The molecule has 0 bridgehead atoms. The molecule has 1 aliphatic heterocycles. The Balaban J connectivity index is 1.94. The van der Waals surface area contributed by atoms with Crippen LogP contribution < -0.4 is 20.7 Å². The summed E-state index contributed by atoms with van der Waals surface area (Å²) < 4.78 is 30.2. The number of carbonyl (C=O) groups is 1. The number of thiocarbonyl (C=S) groups is 1. The maximum atomic E-state index is 13.0. The van der Waals surface area contributed by atoms with Crippen LogP contribution in [0.1, 0.15) is 11.6 Å². The van der Waals surface area contributed by atoms with E-state index < -0.39 is 24.5 Å². The van der Waals surface area contributed by atoms with Crippen LogP contribution in [0.15, 0.2) is 60.8 Å². The van der Waals surface area contributed by atoms with Gasteiger partial charge in [0, 0.05) is 22.0 Å². The second-order valence-electron chi connectivity index (χ2n) is 5.99. The average Bonchev–Trinajstić information content (AvgIpc) is 2.61. The van der Waals surface area contributed by atoms with Crippen molar-refractivity contribution in [2.75, 3.05) is 5.32 Å². The second-order valence-corrected chi connectivity index (χ2v) is 6.84. The maximum Gasteiger partial charge on any atom is 0.387 e. The number of carbonyl (C=O) groups excluding carboxylic acids is 1. The van der Waals surface area contributed by atoms with Crippen LogP contribution in [0.3, 0.4) is 0 Å². The van der Waals surface area contributed by atoms with Crippen molar-refractivity contribution in [3.8, 4) is 5.75 Å². The molecule has 2 atom stereocenters. The van der Waals surface area contributed by atoms with Crippen LogP contribution in [-0.4, -0.2) is 17.6 Å². The van der Waals surface area contributed by atoms with E-state index in [2.05, 4.69) is 27.3 Å². The van der Waals surface area contributed by atoms with Gasteiger partial charge in [0.25, 0.3) is 0 Å². The molecule has 1 saturated heterocycles. The first-order valence-electron chi connectivity index (χ1n) is 8.21. The minimum atomic E-state index is -3.00. The lowest BCUT2D eigenvalue weighted by molar-refractivity contribution is -0.119. The second kappa shape index (κ2) is 8.53. The molecule has 0 aromatic heterocycles. The highest BCUT2D eigenvalue weighted by molar-refractivity contribution is 7.80. The van der Waals surface area contributed by atoms with Crippen molar-refractivity contribution in [2.24, 2.45) is 5.92 Å². The fraction of sp³-hybridized carbons (Fsp3) is 0.158. The zero-order chi connectivity index (χ0) is 20.3. The largest absolute Gasteiger partial charge is 0.434 e. The number of halogens is 3. The molecule has 0 aliphatic carbocycles. The predicted molar refractivity (Wildman–Crippen MR) is 107 cm³/mol. The molecule has 0 spiro atoms. The molecule has 2 aromatic carbocycles. The number of hydrogen-bond donors (Lipinski definition) is 3. The van der Waals surface area contributed by atoms with Crippen LogP contribution in [0.2, 0.25) is 5.02 Å². The molecule has 1 fully saturated rings. The lowest BCUT2D eigenvalue weighted by Crippen LogP contribution is -2.51. The minimum absolute atomic E-state index is 0.0481. The monoisotopic (exact) mass is 423 g/mol. The fourth-order valence-electron chi connectivity index (χ4n) is 2.98. The summed E-state index contributed by atoms with van der Waals surface area (Å²) in [7, 11) is 0. The summed E-state index contributed by atoms with van der Waals surface area (Å²) in [5, 5.41) is 9.22. The zero-order valence-electron chi connectivity index (χ0n) is 14.4. The number of hydrogen-bond acceptors (Lipinski definition) is 3. The smallest absolute Gasteiger partial charge is 0.387 e. The number of amides is 1. The topological polar surface area (TPSA) is 62.4 Å². The van der Waals surface area contributed by atoms with Gasteiger partial charge in [0.15, 0.2) is 5.11 Å². The minimum Gasteiger partial charge on any atom is -0.434 e. The van der Waals surface area contributed by atoms with Gasteiger partial charge in [-0.05, 0) is 36.5 Å². The summed E-state index contributed by atoms with van der Waals surface area (Å²) in [6, 6.07) is 12.1. The molecule has 5 nitrogen and oxygen atoms in total. The quantitative estimate of drug-likeness (QED) is 0.628. The Hall–Kier alpha value is -2.71. The van der Waals surface area contributed by atoms with Gasteiger partial charge in [-0.3, -0.25) is 4.79 Å². The third kappa shape index (κ3) is 4.58. The maximum absolute atomic E-state index is 13.0. The summed E-state index contributed by atoms with van der Waals surface area (Å²) in [6.07, 6.45) is 0. The van der Waals surface area contributed by atoms with E-state index in [-0.39, 0.29) is 10.9 Å². The van der Waals surface area contributed by atoms with Crippen LogP contribution in [0.25, 0.3) is 0 Å². The van der Waals surface area contributed by atoms with Crippen molar-refractivity contribution in [1.29, 1.82) is 0 Å². The molecule has 0 unspecified atom stereocenters. The highest BCUT2D eigenvalue weighted by atomic mass is 35.5. The number of rotatable bonds is 5. The Morgan fingerprint density at radius 1 is 1.25 bits per heavy atom. The Morgan fingerprint density at radius 3 is 2.71 bits per heavy atom. The molecule has 1 aliphatic rings. The molecule has 28 heavy (non-hydrogen) atoms. The normalized spacial score (nSPS) is 19.0. The molecule has 9 heteroatoms. The summed E-state index contributed by atoms with van der Waals surface area (Å²) in [4.78, 5) is 13.0. The van der Waals surface area contributed by atoms with E-state index in [4.69, 9.17) is 23.8 Å². The third-order valence-electron chi connectivity index (χ3n) is 4.11. The summed E-state index contributed by atoms with van der Waals surface area (Å²) >= 11 is 11.1. The van der Waals surface area contributed by atoms with E-state index in [1.165, 1.54) is 6.07 Å². The van der Waals surface area contributed by atoms with Gasteiger partial charge in [-0.2, -0.15) is 8.78 Å².